The number of aromatic amines is 1. The van der Waals surface area contributed by atoms with E-state index in [2.05, 4.69) is 20.5 Å². The van der Waals surface area contributed by atoms with Gasteiger partial charge < -0.3 is 11.1 Å². The highest BCUT2D eigenvalue weighted by Gasteiger charge is 2.35. The summed E-state index contributed by atoms with van der Waals surface area (Å²) in [5.41, 5.74) is 5.53. The van der Waals surface area contributed by atoms with E-state index in [1.807, 2.05) is 0 Å². The highest BCUT2D eigenvalue weighted by Crippen LogP contribution is 2.17. The monoisotopic (exact) mass is 181 g/mol. The van der Waals surface area contributed by atoms with Crippen molar-refractivity contribution in [1.82, 2.24) is 20.5 Å². The van der Waals surface area contributed by atoms with Crippen LogP contribution in [0.1, 0.15) is 22.9 Å². The van der Waals surface area contributed by atoms with Crippen LogP contribution in [0.4, 0.5) is 0 Å². The van der Waals surface area contributed by atoms with E-state index in [0.717, 1.165) is 6.42 Å². The molecule has 0 radical (unpaired) electrons. The van der Waals surface area contributed by atoms with Crippen LogP contribution in [0.15, 0.2) is 0 Å². The summed E-state index contributed by atoms with van der Waals surface area (Å²) in [5, 5.41) is 9.06. The van der Waals surface area contributed by atoms with Crippen molar-refractivity contribution in [2.45, 2.75) is 25.4 Å². The largest absolute Gasteiger partial charge is 0.345 e. The second kappa shape index (κ2) is 2.81. The van der Waals surface area contributed by atoms with Gasteiger partial charge in [0.05, 0.1) is 0 Å². The Bertz CT molecular complexity index is 333. The van der Waals surface area contributed by atoms with Crippen molar-refractivity contribution < 1.29 is 4.79 Å². The first-order valence-electron chi connectivity index (χ1n) is 4.12. The Hall–Kier alpha value is -1.43. The molecule has 0 aliphatic heterocycles. The maximum absolute atomic E-state index is 11.3. The van der Waals surface area contributed by atoms with Crippen LogP contribution in [0, 0.1) is 6.92 Å². The molecule has 4 N–H and O–H groups in total. The van der Waals surface area contributed by atoms with Gasteiger partial charge in [0.1, 0.15) is 5.82 Å². The van der Waals surface area contributed by atoms with Crippen LogP contribution in [-0.2, 0) is 0 Å². The predicted octanol–water partition coefficient (Wildman–Crippen LogP) is -1.06. The van der Waals surface area contributed by atoms with Crippen molar-refractivity contribution in [3.8, 4) is 0 Å². The number of rotatable bonds is 2. The van der Waals surface area contributed by atoms with E-state index in [1.54, 1.807) is 6.92 Å². The molecule has 70 valence electrons. The number of nitrogens with two attached hydrogens (primary N) is 1. The summed E-state index contributed by atoms with van der Waals surface area (Å²) in [7, 11) is 0. The van der Waals surface area contributed by atoms with E-state index in [1.165, 1.54) is 0 Å². The smallest absolute Gasteiger partial charge is 0.291 e. The number of hydrogen-bond donors (Lipinski definition) is 3. The molecular formula is C7H11N5O. The van der Waals surface area contributed by atoms with Crippen LogP contribution in [0.2, 0.25) is 0 Å². The topological polar surface area (TPSA) is 96.7 Å². The Balaban J connectivity index is 1.97. The molecule has 6 heteroatoms. The number of carbonyl (C=O) groups excluding carboxylic acids is 1. The molecule has 0 spiro atoms. The van der Waals surface area contributed by atoms with Crippen molar-refractivity contribution in [1.29, 1.82) is 0 Å². The Morgan fingerprint density at radius 1 is 1.77 bits per heavy atom. The molecule has 1 aromatic heterocycles. The second-order valence-corrected chi connectivity index (χ2v) is 3.22. The van der Waals surface area contributed by atoms with Gasteiger partial charge in [-0.3, -0.25) is 9.89 Å². The summed E-state index contributed by atoms with van der Waals surface area (Å²) in [6, 6.07) is 0.204. The number of nitrogens with one attached hydrogen (secondary N) is 2. The molecule has 1 aliphatic carbocycles. The van der Waals surface area contributed by atoms with Gasteiger partial charge in [-0.15, -0.1) is 5.10 Å². The zero-order valence-electron chi connectivity index (χ0n) is 7.24. The van der Waals surface area contributed by atoms with Gasteiger partial charge in [0.15, 0.2) is 0 Å². The van der Waals surface area contributed by atoms with E-state index >= 15 is 0 Å². The van der Waals surface area contributed by atoms with Crippen LogP contribution < -0.4 is 11.1 Å². The van der Waals surface area contributed by atoms with Crippen LogP contribution >= 0.6 is 0 Å². The van der Waals surface area contributed by atoms with Crippen molar-refractivity contribution in [2.24, 2.45) is 5.73 Å². The molecule has 1 saturated carbocycles. The van der Waals surface area contributed by atoms with Crippen LogP contribution in [0.3, 0.4) is 0 Å². The van der Waals surface area contributed by atoms with Crippen LogP contribution in [0.25, 0.3) is 0 Å². The number of carbonyl (C=O) groups is 1. The Morgan fingerprint density at radius 3 is 2.92 bits per heavy atom. The van der Waals surface area contributed by atoms with Gasteiger partial charge in [-0.1, -0.05) is 0 Å². The molecule has 13 heavy (non-hydrogen) atoms. The molecule has 1 fully saturated rings. The van der Waals surface area contributed by atoms with Crippen LogP contribution in [-0.4, -0.2) is 33.2 Å². The van der Waals surface area contributed by atoms with Crippen molar-refractivity contribution >= 4 is 5.91 Å². The Kier molecular flexibility index (Phi) is 1.77. The van der Waals surface area contributed by atoms with Gasteiger partial charge in [-0.05, 0) is 13.3 Å². The SMILES string of the molecule is Cc1nc(C(=O)NC2CC2N)n[nH]1. The summed E-state index contributed by atoms with van der Waals surface area (Å²) < 4.78 is 0. The first-order valence-corrected chi connectivity index (χ1v) is 4.12. The van der Waals surface area contributed by atoms with Gasteiger partial charge >= 0.3 is 0 Å². The molecule has 1 amide bonds. The Labute approximate surface area is 74.9 Å². The molecule has 1 aliphatic rings. The van der Waals surface area contributed by atoms with E-state index in [-0.39, 0.29) is 23.8 Å². The first-order chi connectivity index (χ1) is 6.16. The summed E-state index contributed by atoms with van der Waals surface area (Å²) >= 11 is 0. The van der Waals surface area contributed by atoms with Crippen molar-refractivity contribution in [3.63, 3.8) is 0 Å². The van der Waals surface area contributed by atoms with Gasteiger partial charge in [0.25, 0.3) is 5.91 Å². The maximum Gasteiger partial charge on any atom is 0.291 e. The first kappa shape index (κ1) is 8.18. The molecular weight excluding hydrogens is 170 g/mol. The lowest BCUT2D eigenvalue weighted by molar-refractivity contribution is 0.0940. The number of hydrogen-bond acceptors (Lipinski definition) is 4. The minimum atomic E-state index is -0.262. The van der Waals surface area contributed by atoms with E-state index in [0.29, 0.717) is 5.82 Å². The maximum atomic E-state index is 11.3. The Morgan fingerprint density at radius 2 is 2.46 bits per heavy atom. The number of aromatic nitrogens is 3. The summed E-state index contributed by atoms with van der Waals surface area (Å²) in [5.74, 6) is 0.546. The molecule has 0 aromatic carbocycles. The number of H-pyrrole nitrogens is 1. The van der Waals surface area contributed by atoms with Gasteiger partial charge in [-0.25, -0.2) is 4.98 Å². The zero-order valence-corrected chi connectivity index (χ0v) is 7.24. The quantitative estimate of drug-likeness (QED) is 0.542. The van der Waals surface area contributed by atoms with Crippen molar-refractivity contribution in [2.75, 3.05) is 0 Å². The number of aryl methyl sites for hydroxylation is 1. The third kappa shape index (κ3) is 1.67. The van der Waals surface area contributed by atoms with E-state index in [9.17, 15) is 4.79 Å². The normalized spacial score (nSPS) is 25.7. The second-order valence-electron chi connectivity index (χ2n) is 3.22. The van der Waals surface area contributed by atoms with Gasteiger partial charge in [0, 0.05) is 12.1 Å². The summed E-state index contributed by atoms with van der Waals surface area (Å²) in [6.07, 6.45) is 0.842. The fourth-order valence-corrected chi connectivity index (χ4v) is 1.06. The lowest BCUT2D eigenvalue weighted by Crippen LogP contribution is -2.30. The molecule has 2 unspecified atom stereocenters. The molecule has 6 nitrogen and oxygen atoms in total. The molecule has 1 heterocycles. The third-order valence-corrected chi connectivity index (χ3v) is 1.96. The molecule has 2 atom stereocenters. The fourth-order valence-electron chi connectivity index (χ4n) is 1.06. The van der Waals surface area contributed by atoms with Crippen LogP contribution in [0.5, 0.6) is 0 Å². The van der Waals surface area contributed by atoms with E-state index < -0.39 is 0 Å². The van der Waals surface area contributed by atoms with Crippen molar-refractivity contribution in [3.05, 3.63) is 11.6 Å². The highest BCUT2D eigenvalue weighted by molar-refractivity contribution is 5.90. The molecule has 2 rings (SSSR count). The standard InChI is InChI=1S/C7H11N5O/c1-3-9-6(12-11-3)7(13)10-5-2-4(5)8/h4-5H,2,8H2,1H3,(H,10,13)(H,9,11,12). The average molecular weight is 181 g/mol. The lowest BCUT2D eigenvalue weighted by atomic mass is 10.5. The summed E-state index contributed by atoms with van der Waals surface area (Å²) in [4.78, 5) is 15.2. The summed E-state index contributed by atoms with van der Waals surface area (Å²) in [6.45, 7) is 1.74. The van der Waals surface area contributed by atoms with E-state index in [4.69, 9.17) is 5.73 Å². The minimum absolute atomic E-state index is 0.101. The number of amides is 1. The lowest BCUT2D eigenvalue weighted by Gasteiger charge is -1.97. The molecule has 1 aromatic rings. The zero-order chi connectivity index (χ0) is 9.42. The number of nitrogens with zero attached hydrogens (tertiary/aromatic N) is 2. The highest BCUT2D eigenvalue weighted by atomic mass is 16.2. The minimum Gasteiger partial charge on any atom is -0.345 e. The average Bonchev–Trinajstić information content (AvgIpc) is 2.62. The third-order valence-electron chi connectivity index (χ3n) is 1.96. The molecule has 0 bridgehead atoms. The van der Waals surface area contributed by atoms with Gasteiger partial charge in [0.2, 0.25) is 5.82 Å². The van der Waals surface area contributed by atoms with Gasteiger partial charge in [-0.2, -0.15) is 0 Å². The predicted molar refractivity (Wildman–Crippen MR) is 45.0 cm³/mol. The molecule has 0 saturated heterocycles. The fraction of sp³-hybridized carbons (Fsp3) is 0.571.